The SMILES string of the molecule is Cc1cc(C)c(NC(=O)[C@H](C)Sc2nc3ccc(N4C(=O)c5ccccc5C4=O)cc3s2)c(C)c1. The summed E-state index contributed by atoms with van der Waals surface area (Å²) in [5, 5.41) is 2.70. The van der Waals surface area contributed by atoms with E-state index in [9.17, 15) is 14.4 Å². The van der Waals surface area contributed by atoms with Gasteiger partial charge in [0.1, 0.15) is 0 Å². The van der Waals surface area contributed by atoms with Crippen LogP contribution in [0.4, 0.5) is 11.4 Å². The second kappa shape index (κ2) is 8.94. The van der Waals surface area contributed by atoms with Gasteiger partial charge in [0.15, 0.2) is 4.34 Å². The maximum atomic E-state index is 12.9. The molecule has 5 rings (SSSR count). The average molecular weight is 502 g/mol. The number of nitrogens with zero attached hydrogens (tertiary/aromatic N) is 2. The van der Waals surface area contributed by atoms with Crippen molar-refractivity contribution in [3.05, 3.63) is 82.4 Å². The van der Waals surface area contributed by atoms with Gasteiger partial charge in [-0.1, -0.05) is 41.6 Å². The third-order valence-corrected chi connectivity index (χ3v) is 8.19. The molecule has 1 aliphatic heterocycles. The number of anilines is 2. The number of thiazole rings is 1. The Balaban J connectivity index is 1.34. The number of carbonyl (C=O) groups excluding carboxylic acids is 3. The summed E-state index contributed by atoms with van der Waals surface area (Å²) in [6, 6.07) is 16.3. The molecule has 4 aromatic rings. The van der Waals surface area contributed by atoms with Crippen LogP contribution >= 0.6 is 23.1 Å². The monoisotopic (exact) mass is 501 g/mol. The van der Waals surface area contributed by atoms with E-state index in [-0.39, 0.29) is 23.0 Å². The standard InChI is InChI=1S/C27H23N3O3S2/c1-14-11-15(2)23(16(3)12-14)29-24(31)17(4)34-27-28-21-10-9-18(13-22(21)35-27)30-25(32)19-7-5-6-8-20(19)26(30)33/h5-13,17H,1-4H3,(H,29,31)/t17-/m0/s1. The largest absolute Gasteiger partial charge is 0.325 e. The third kappa shape index (κ3) is 4.24. The van der Waals surface area contributed by atoms with Crippen LogP contribution in [0.25, 0.3) is 10.2 Å². The van der Waals surface area contributed by atoms with Gasteiger partial charge in [-0.15, -0.1) is 11.3 Å². The second-order valence-corrected chi connectivity index (χ2v) is 11.3. The number of thioether (sulfide) groups is 1. The van der Waals surface area contributed by atoms with Crippen molar-refractivity contribution in [1.29, 1.82) is 0 Å². The Morgan fingerprint density at radius 2 is 1.60 bits per heavy atom. The van der Waals surface area contributed by atoms with Gasteiger partial charge in [-0.2, -0.15) is 0 Å². The smallest absolute Gasteiger partial charge is 0.266 e. The number of hydrogen-bond acceptors (Lipinski definition) is 6. The van der Waals surface area contributed by atoms with E-state index in [1.165, 1.54) is 28.0 Å². The predicted octanol–water partition coefficient (Wildman–Crippen LogP) is 6.14. The number of nitrogens with one attached hydrogen (secondary N) is 1. The molecule has 0 spiro atoms. The minimum atomic E-state index is -0.355. The van der Waals surface area contributed by atoms with Gasteiger partial charge in [-0.3, -0.25) is 14.4 Å². The van der Waals surface area contributed by atoms with Crippen LogP contribution in [0, 0.1) is 20.8 Å². The van der Waals surface area contributed by atoms with Crippen molar-refractivity contribution in [3.63, 3.8) is 0 Å². The van der Waals surface area contributed by atoms with E-state index in [0.717, 1.165) is 36.9 Å². The lowest BCUT2D eigenvalue weighted by molar-refractivity contribution is -0.115. The number of rotatable bonds is 5. The molecule has 3 amide bonds. The van der Waals surface area contributed by atoms with E-state index in [1.54, 1.807) is 36.4 Å². The molecule has 35 heavy (non-hydrogen) atoms. The van der Waals surface area contributed by atoms with E-state index >= 15 is 0 Å². The van der Waals surface area contributed by atoms with Crippen LogP contribution in [0.5, 0.6) is 0 Å². The maximum Gasteiger partial charge on any atom is 0.266 e. The summed E-state index contributed by atoms with van der Waals surface area (Å²) in [4.78, 5) is 44.4. The number of amides is 3. The molecule has 0 saturated heterocycles. The van der Waals surface area contributed by atoms with Gasteiger partial charge in [-0.25, -0.2) is 9.88 Å². The topological polar surface area (TPSA) is 79.4 Å². The van der Waals surface area contributed by atoms with Gasteiger partial charge < -0.3 is 5.32 Å². The summed E-state index contributed by atoms with van der Waals surface area (Å²) >= 11 is 2.83. The molecular formula is C27H23N3O3S2. The lowest BCUT2D eigenvalue weighted by atomic mass is 10.1. The lowest BCUT2D eigenvalue weighted by Gasteiger charge is -2.15. The van der Waals surface area contributed by atoms with E-state index in [0.29, 0.717) is 16.8 Å². The van der Waals surface area contributed by atoms with Crippen LogP contribution in [-0.4, -0.2) is 28.0 Å². The molecule has 1 aliphatic rings. The number of hydrogen-bond donors (Lipinski definition) is 1. The molecule has 8 heteroatoms. The van der Waals surface area contributed by atoms with Gasteiger partial charge in [0.25, 0.3) is 11.8 Å². The Morgan fingerprint density at radius 3 is 2.23 bits per heavy atom. The molecule has 0 bridgehead atoms. The summed E-state index contributed by atoms with van der Waals surface area (Å²) < 4.78 is 1.60. The Morgan fingerprint density at radius 1 is 0.971 bits per heavy atom. The molecule has 1 N–H and O–H groups in total. The minimum Gasteiger partial charge on any atom is -0.325 e. The molecular weight excluding hydrogens is 478 g/mol. The van der Waals surface area contributed by atoms with Crippen LogP contribution in [0.1, 0.15) is 44.3 Å². The van der Waals surface area contributed by atoms with Crippen molar-refractivity contribution in [2.45, 2.75) is 37.3 Å². The number of benzene rings is 3. The fourth-order valence-electron chi connectivity index (χ4n) is 4.31. The highest BCUT2D eigenvalue weighted by Crippen LogP contribution is 2.36. The summed E-state index contributed by atoms with van der Waals surface area (Å²) in [7, 11) is 0. The van der Waals surface area contributed by atoms with Crippen molar-refractivity contribution >= 4 is 62.4 Å². The van der Waals surface area contributed by atoms with Crippen LogP contribution in [0.2, 0.25) is 0 Å². The fourth-order valence-corrected chi connectivity index (χ4v) is 6.56. The molecule has 0 unspecified atom stereocenters. The zero-order chi connectivity index (χ0) is 24.9. The summed E-state index contributed by atoms with van der Waals surface area (Å²) in [5.41, 5.74) is 6.19. The van der Waals surface area contributed by atoms with Crippen LogP contribution in [0.3, 0.4) is 0 Å². The molecule has 0 saturated carbocycles. The number of imide groups is 1. The van der Waals surface area contributed by atoms with Gasteiger partial charge >= 0.3 is 0 Å². The van der Waals surface area contributed by atoms with Crippen molar-refractivity contribution in [3.8, 4) is 0 Å². The molecule has 0 radical (unpaired) electrons. The first kappa shape index (κ1) is 23.3. The highest BCUT2D eigenvalue weighted by Gasteiger charge is 2.36. The molecule has 1 atom stereocenters. The first-order valence-corrected chi connectivity index (χ1v) is 12.9. The number of fused-ring (bicyclic) bond motifs is 2. The Labute approximate surface area is 211 Å². The second-order valence-electron chi connectivity index (χ2n) is 8.65. The molecule has 6 nitrogen and oxygen atoms in total. The Bertz CT molecular complexity index is 1470. The molecule has 1 aromatic heterocycles. The fraction of sp³-hybridized carbons (Fsp3) is 0.185. The number of carbonyl (C=O) groups is 3. The Kier molecular flexibility index (Phi) is 5.94. The van der Waals surface area contributed by atoms with E-state index in [1.807, 2.05) is 33.8 Å². The van der Waals surface area contributed by atoms with Crippen LogP contribution < -0.4 is 10.2 Å². The number of aryl methyl sites for hydroxylation is 3. The van der Waals surface area contributed by atoms with Crippen LogP contribution in [0.15, 0.2) is 58.9 Å². The normalized spacial score (nSPS) is 13.9. The van der Waals surface area contributed by atoms with E-state index in [4.69, 9.17) is 0 Å². The first-order valence-electron chi connectivity index (χ1n) is 11.2. The third-order valence-electron chi connectivity index (χ3n) is 5.98. The van der Waals surface area contributed by atoms with Crippen molar-refractivity contribution in [2.75, 3.05) is 10.2 Å². The highest BCUT2D eigenvalue weighted by atomic mass is 32.2. The van der Waals surface area contributed by atoms with E-state index < -0.39 is 0 Å². The molecule has 3 aromatic carbocycles. The van der Waals surface area contributed by atoms with Gasteiger partial charge in [0, 0.05) is 5.69 Å². The zero-order valence-corrected chi connectivity index (χ0v) is 21.3. The van der Waals surface area contributed by atoms with Gasteiger partial charge in [0.05, 0.1) is 32.3 Å². The average Bonchev–Trinajstić information content (AvgIpc) is 3.33. The minimum absolute atomic E-state index is 0.0870. The lowest BCUT2D eigenvalue weighted by Crippen LogP contribution is -2.29. The maximum absolute atomic E-state index is 12.9. The van der Waals surface area contributed by atoms with Crippen molar-refractivity contribution in [1.82, 2.24) is 4.98 Å². The summed E-state index contributed by atoms with van der Waals surface area (Å²) in [6.45, 7) is 7.88. The Hall–Kier alpha value is -3.49. The van der Waals surface area contributed by atoms with Gasteiger partial charge in [0.2, 0.25) is 5.91 Å². The molecule has 176 valence electrons. The van der Waals surface area contributed by atoms with Gasteiger partial charge in [-0.05, 0) is 69.2 Å². The summed E-state index contributed by atoms with van der Waals surface area (Å²) in [6.07, 6.45) is 0. The first-order chi connectivity index (χ1) is 16.7. The van der Waals surface area contributed by atoms with Crippen molar-refractivity contribution < 1.29 is 14.4 Å². The predicted molar refractivity (Wildman–Crippen MR) is 142 cm³/mol. The zero-order valence-electron chi connectivity index (χ0n) is 19.7. The molecule has 0 fully saturated rings. The molecule has 0 aliphatic carbocycles. The highest BCUT2D eigenvalue weighted by molar-refractivity contribution is 8.02. The van der Waals surface area contributed by atoms with Crippen LogP contribution in [-0.2, 0) is 4.79 Å². The molecule has 2 heterocycles. The van der Waals surface area contributed by atoms with Crippen molar-refractivity contribution in [2.24, 2.45) is 0 Å². The van der Waals surface area contributed by atoms with E-state index in [2.05, 4.69) is 22.4 Å². The quantitative estimate of drug-likeness (QED) is 0.262. The summed E-state index contributed by atoms with van der Waals surface area (Å²) in [5.74, 6) is -0.733. The number of aromatic nitrogens is 1.